The Morgan fingerprint density at radius 1 is 1.29 bits per heavy atom. The van der Waals surface area contributed by atoms with E-state index in [-0.39, 0.29) is 11.4 Å². The minimum Gasteiger partial charge on any atom is -0.360 e. The molecule has 0 radical (unpaired) electrons. The maximum Gasteiger partial charge on any atom is 0.275 e. The minimum absolute atomic E-state index is 0.146. The van der Waals surface area contributed by atoms with Crippen molar-refractivity contribution in [3.63, 3.8) is 0 Å². The third-order valence-corrected chi connectivity index (χ3v) is 4.48. The first-order valence-electron chi connectivity index (χ1n) is 8.04. The number of aryl methyl sites for hydroxylation is 2. The summed E-state index contributed by atoms with van der Waals surface area (Å²) in [7, 11) is 0. The van der Waals surface area contributed by atoms with Crippen molar-refractivity contribution in [2.45, 2.75) is 32.6 Å². The van der Waals surface area contributed by atoms with Gasteiger partial charge < -0.3 is 5.32 Å². The van der Waals surface area contributed by atoms with Gasteiger partial charge in [0.2, 0.25) is 10.1 Å². The quantitative estimate of drug-likeness (QED) is 0.667. The molecule has 5 nitrogen and oxygen atoms in total. The molecule has 3 rings (SSSR count). The van der Waals surface area contributed by atoms with Gasteiger partial charge in [-0.15, -0.1) is 5.10 Å². The van der Waals surface area contributed by atoms with Crippen molar-refractivity contribution in [3.8, 4) is 0 Å². The molecule has 7 heteroatoms. The molecule has 0 aliphatic heterocycles. The van der Waals surface area contributed by atoms with Crippen LogP contribution in [0.1, 0.15) is 31.0 Å². The fourth-order valence-electron chi connectivity index (χ4n) is 2.49. The Labute approximate surface area is 143 Å². The monoisotopic (exact) mass is 346 g/mol. The fraction of sp³-hybridized carbons (Fsp3) is 0.353. The van der Waals surface area contributed by atoms with Crippen LogP contribution in [-0.2, 0) is 12.8 Å². The molecular formula is C17H19FN4OS. The lowest BCUT2D eigenvalue weighted by Gasteiger charge is -2.02. The second-order valence-corrected chi connectivity index (χ2v) is 6.55. The Balaban J connectivity index is 1.61. The molecule has 0 saturated heterocycles. The van der Waals surface area contributed by atoms with Crippen molar-refractivity contribution in [2.24, 2.45) is 0 Å². The van der Waals surface area contributed by atoms with Crippen LogP contribution in [0.15, 0.2) is 35.1 Å². The van der Waals surface area contributed by atoms with E-state index < -0.39 is 0 Å². The van der Waals surface area contributed by atoms with Crippen LogP contribution in [-0.4, -0.2) is 21.1 Å². The first kappa shape index (κ1) is 16.6. The first-order valence-corrected chi connectivity index (χ1v) is 8.85. The van der Waals surface area contributed by atoms with E-state index in [1.807, 2.05) is 6.07 Å². The Hall–Kier alpha value is -2.28. The zero-order valence-corrected chi connectivity index (χ0v) is 14.3. The predicted molar refractivity (Wildman–Crippen MR) is 94.3 cm³/mol. The Bertz CT molecular complexity index is 890. The van der Waals surface area contributed by atoms with Crippen molar-refractivity contribution < 1.29 is 4.39 Å². The standard InChI is InChI=1S/C17H19FN4OS/c1-2-5-14-11-15(23)22-17(20-14)24-16(21-22)19-9-4-7-12-6-3-8-13(18)10-12/h3,6,8,10-11H,2,4-5,7,9H2,1H3,(H,19,21). The largest absolute Gasteiger partial charge is 0.360 e. The molecule has 1 N–H and O–H groups in total. The van der Waals surface area contributed by atoms with Gasteiger partial charge in [-0.25, -0.2) is 9.37 Å². The molecule has 0 amide bonds. The van der Waals surface area contributed by atoms with Gasteiger partial charge in [-0.05, 0) is 37.0 Å². The highest BCUT2D eigenvalue weighted by molar-refractivity contribution is 7.20. The number of halogens is 1. The van der Waals surface area contributed by atoms with Crippen molar-refractivity contribution in [1.29, 1.82) is 0 Å². The summed E-state index contributed by atoms with van der Waals surface area (Å²) < 4.78 is 14.5. The van der Waals surface area contributed by atoms with Crippen LogP contribution in [0.5, 0.6) is 0 Å². The van der Waals surface area contributed by atoms with E-state index in [0.29, 0.717) is 16.6 Å². The zero-order valence-electron chi connectivity index (χ0n) is 13.5. The molecule has 0 unspecified atom stereocenters. The lowest BCUT2D eigenvalue weighted by molar-refractivity contribution is 0.624. The highest BCUT2D eigenvalue weighted by Gasteiger charge is 2.08. The number of aromatic nitrogens is 3. The Morgan fingerprint density at radius 3 is 2.96 bits per heavy atom. The van der Waals surface area contributed by atoms with Crippen molar-refractivity contribution in [3.05, 3.63) is 57.8 Å². The van der Waals surface area contributed by atoms with E-state index in [2.05, 4.69) is 22.3 Å². The second kappa shape index (κ2) is 7.53. The maximum absolute atomic E-state index is 13.1. The van der Waals surface area contributed by atoms with Gasteiger partial charge in [-0.2, -0.15) is 4.52 Å². The highest BCUT2D eigenvalue weighted by Crippen LogP contribution is 2.17. The topological polar surface area (TPSA) is 59.3 Å². The second-order valence-electron chi connectivity index (χ2n) is 5.60. The summed E-state index contributed by atoms with van der Waals surface area (Å²) in [5, 5.41) is 8.15. The van der Waals surface area contributed by atoms with Gasteiger partial charge in [0.05, 0.1) is 0 Å². The summed E-state index contributed by atoms with van der Waals surface area (Å²) in [4.78, 5) is 17.1. The number of anilines is 1. The van der Waals surface area contributed by atoms with Gasteiger partial charge in [0, 0.05) is 18.3 Å². The van der Waals surface area contributed by atoms with Gasteiger partial charge in [-0.1, -0.05) is 36.8 Å². The third kappa shape index (κ3) is 3.97. The number of benzene rings is 1. The molecule has 0 saturated carbocycles. The average Bonchev–Trinajstić information content (AvgIpc) is 2.96. The molecule has 3 aromatic rings. The van der Waals surface area contributed by atoms with E-state index in [9.17, 15) is 9.18 Å². The molecule has 0 aliphatic carbocycles. The van der Waals surface area contributed by atoms with Crippen LogP contribution in [0.3, 0.4) is 0 Å². The van der Waals surface area contributed by atoms with Crippen LogP contribution < -0.4 is 10.9 Å². The molecule has 0 atom stereocenters. The molecular weight excluding hydrogens is 327 g/mol. The molecule has 126 valence electrons. The van der Waals surface area contributed by atoms with E-state index in [1.54, 1.807) is 18.2 Å². The smallest absolute Gasteiger partial charge is 0.275 e. The summed E-state index contributed by atoms with van der Waals surface area (Å²) >= 11 is 1.37. The summed E-state index contributed by atoms with van der Waals surface area (Å²) in [5.74, 6) is -0.208. The number of rotatable bonds is 7. The van der Waals surface area contributed by atoms with Crippen molar-refractivity contribution in [2.75, 3.05) is 11.9 Å². The van der Waals surface area contributed by atoms with Crippen molar-refractivity contribution in [1.82, 2.24) is 14.6 Å². The SMILES string of the molecule is CCCc1cc(=O)n2nc(NCCCc3cccc(F)c3)sc2n1. The summed E-state index contributed by atoms with van der Waals surface area (Å²) in [5.41, 5.74) is 1.64. The normalized spacial score (nSPS) is 11.1. The summed E-state index contributed by atoms with van der Waals surface area (Å²) in [6, 6.07) is 8.18. The molecule has 0 bridgehead atoms. The first-order chi connectivity index (χ1) is 11.7. The van der Waals surface area contributed by atoms with Gasteiger partial charge >= 0.3 is 0 Å². The minimum atomic E-state index is -0.208. The zero-order chi connectivity index (χ0) is 16.9. The number of nitrogens with one attached hydrogen (secondary N) is 1. The molecule has 2 heterocycles. The molecule has 2 aromatic heterocycles. The predicted octanol–water partition coefficient (Wildman–Crippen LogP) is 3.29. The molecule has 24 heavy (non-hydrogen) atoms. The summed E-state index contributed by atoms with van der Waals surface area (Å²) in [6.07, 6.45) is 3.38. The number of fused-ring (bicyclic) bond motifs is 1. The number of nitrogens with zero attached hydrogens (tertiary/aromatic N) is 3. The lowest BCUT2D eigenvalue weighted by atomic mass is 10.1. The highest BCUT2D eigenvalue weighted by atomic mass is 32.1. The van der Waals surface area contributed by atoms with Crippen LogP contribution in [0.25, 0.3) is 4.96 Å². The summed E-state index contributed by atoms with van der Waals surface area (Å²) in [6.45, 7) is 2.76. The van der Waals surface area contributed by atoms with E-state index in [4.69, 9.17) is 0 Å². The Kier molecular flexibility index (Phi) is 5.20. The third-order valence-electron chi connectivity index (χ3n) is 3.61. The number of hydrogen-bond acceptors (Lipinski definition) is 5. The van der Waals surface area contributed by atoms with Gasteiger partial charge in [0.15, 0.2) is 0 Å². The van der Waals surface area contributed by atoms with Crippen LogP contribution >= 0.6 is 11.3 Å². The van der Waals surface area contributed by atoms with Gasteiger partial charge in [0.25, 0.3) is 5.56 Å². The Morgan fingerprint density at radius 2 is 2.17 bits per heavy atom. The van der Waals surface area contributed by atoms with Gasteiger partial charge in [-0.3, -0.25) is 4.79 Å². The molecule has 0 fully saturated rings. The fourth-order valence-corrected chi connectivity index (χ4v) is 3.34. The molecule has 0 spiro atoms. The van der Waals surface area contributed by atoms with E-state index >= 15 is 0 Å². The number of hydrogen-bond donors (Lipinski definition) is 1. The molecule has 0 aliphatic rings. The maximum atomic E-state index is 13.1. The van der Waals surface area contributed by atoms with E-state index in [1.165, 1.54) is 21.9 Å². The van der Waals surface area contributed by atoms with Gasteiger partial charge in [0.1, 0.15) is 5.82 Å². The van der Waals surface area contributed by atoms with Crippen LogP contribution in [0.2, 0.25) is 0 Å². The van der Waals surface area contributed by atoms with Crippen LogP contribution in [0, 0.1) is 5.82 Å². The van der Waals surface area contributed by atoms with Crippen LogP contribution in [0.4, 0.5) is 9.52 Å². The lowest BCUT2D eigenvalue weighted by Crippen LogP contribution is -2.15. The molecule has 1 aromatic carbocycles. The van der Waals surface area contributed by atoms with E-state index in [0.717, 1.165) is 36.9 Å². The average molecular weight is 346 g/mol. The van der Waals surface area contributed by atoms with Crippen molar-refractivity contribution >= 4 is 21.4 Å².